The fraction of sp³-hybridized carbons (Fsp3) is 0.900. The monoisotopic (exact) mass is 185 g/mol. The highest BCUT2D eigenvalue weighted by atomic mass is 16.4. The molecule has 1 rings (SSSR count). The van der Waals surface area contributed by atoms with Crippen LogP contribution >= 0.6 is 0 Å². The van der Waals surface area contributed by atoms with Crippen LogP contribution in [0.5, 0.6) is 0 Å². The highest BCUT2D eigenvalue weighted by Crippen LogP contribution is 2.27. The highest BCUT2D eigenvalue weighted by molar-refractivity contribution is 5.66. The zero-order valence-electron chi connectivity index (χ0n) is 8.25. The molecular formula is C10H19NO2. The second-order valence-corrected chi connectivity index (χ2v) is 3.88. The lowest BCUT2D eigenvalue weighted by Crippen LogP contribution is -2.28. The molecule has 1 aliphatic rings. The normalized spacial score (nSPS) is 27.8. The summed E-state index contributed by atoms with van der Waals surface area (Å²) in [7, 11) is 0. The summed E-state index contributed by atoms with van der Waals surface area (Å²) in [6.07, 6.45) is 5.26. The zero-order chi connectivity index (χ0) is 9.68. The van der Waals surface area contributed by atoms with Crippen molar-refractivity contribution < 1.29 is 9.90 Å². The van der Waals surface area contributed by atoms with Crippen molar-refractivity contribution in [3.8, 4) is 0 Å². The van der Waals surface area contributed by atoms with E-state index in [0.717, 1.165) is 5.92 Å². The topological polar surface area (TPSA) is 49.3 Å². The van der Waals surface area contributed by atoms with Gasteiger partial charge in [0.05, 0.1) is 6.42 Å². The van der Waals surface area contributed by atoms with E-state index in [4.69, 9.17) is 5.11 Å². The van der Waals surface area contributed by atoms with E-state index in [0.29, 0.717) is 12.6 Å². The van der Waals surface area contributed by atoms with E-state index in [1.54, 1.807) is 0 Å². The van der Waals surface area contributed by atoms with Gasteiger partial charge in [-0.15, -0.1) is 0 Å². The first-order valence-electron chi connectivity index (χ1n) is 5.17. The first kappa shape index (κ1) is 10.5. The maximum Gasteiger partial charge on any atom is 0.304 e. The minimum atomic E-state index is -0.711. The standard InChI is InChI=1S/C10H19NO2/c1-2-8-3-4-9(7-8)11-6-5-10(12)13/h8-9,11H,2-7H2,1H3,(H,12,13). The molecular weight excluding hydrogens is 166 g/mol. The van der Waals surface area contributed by atoms with Crippen LogP contribution in [0.15, 0.2) is 0 Å². The molecule has 2 unspecified atom stereocenters. The maximum atomic E-state index is 10.3. The lowest BCUT2D eigenvalue weighted by Gasteiger charge is -2.11. The molecule has 0 aromatic rings. The Labute approximate surface area is 79.5 Å². The van der Waals surface area contributed by atoms with E-state index < -0.39 is 5.97 Å². The van der Waals surface area contributed by atoms with Gasteiger partial charge in [0, 0.05) is 12.6 Å². The summed E-state index contributed by atoms with van der Waals surface area (Å²) in [5.41, 5.74) is 0. The smallest absolute Gasteiger partial charge is 0.304 e. The molecule has 0 aromatic heterocycles. The average molecular weight is 185 g/mol. The Hall–Kier alpha value is -0.570. The Morgan fingerprint density at radius 2 is 2.31 bits per heavy atom. The predicted octanol–water partition coefficient (Wildman–Crippen LogP) is 1.63. The fourth-order valence-corrected chi connectivity index (χ4v) is 2.01. The molecule has 1 aliphatic carbocycles. The quantitative estimate of drug-likeness (QED) is 0.684. The molecule has 1 fully saturated rings. The SMILES string of the molecule is CCC1CCC(NCCC(=O)O)C1. The molecule has 0 aliphatic heterocycles. The lowest BCUT2D eigenvalue weighted by atomic mass is 10.1. The van der Waals surface area contributed by atoms with Crippen LogP contribution in [0.1, 0.15) is 39.0 Å². The Morgan fingerprint density at radius 3 is 2.85 bits per heavy atom. The molecule has 0 spiro atoms. The summed E-state index contributed by atoms with van der Waals surface area (Å²) in [5.74, 6) is 0.153. The first-order chi connectivity index (χ1) is 6.22. The molecule has 1 saturated carbocycles. The van der Waals surface area contributed by atoms with Crippen LogP contribution in [0.3, 0.4) is 0 Å². The minimum absolute atomic E-state index is 0.243. The zero-order valence-corrected chi connectivity index (χ0v) is 8.25. The number of carboxylic acid groups (broad SMARTS) is 1. The van der Waals surface area contributed by atoms with Crippen molar-refractivity contribution in [3.05, 3.63) is 0 Å². The summed E-state index contributed by atoms with van der Waals surface area (Å²) in [6.45, 7) is 2.85. The van der Waals surface area contributed by atoms with Crippen LogP contribution in [0.25, 0.3) is 0 Å². The van der Waals surface area contributed by atoms with Crippen molar-refractivity contribution in [2.75, 3.05) is 6.54 Å². The number of hydrogen-bond donors (Lipinski definition) is 2. The molecule has 0 radical (unpaired) electrons. The van der Waals surface area contributed by atoms with Crippen LogP contribution in [0, 0.1) is 5.92 Å². The second kappa shape index (κ2) is 5.22. The summed E-state index contributed by atoms with van der Waals surface area (Å²) >= 11 is 0. The molecule has 3 nitrogen and oxygen atoms in total. The molecule has 3 heteroatoms. The van der Waals surface area contributed by atoms with E-state index in [2.05, 4.69) is 12.2 Å². The van der Waals surface area contributed by atoms with E-state index in [1.807, 2.05) is 0 Å². The Kier molecular flexibility index (Phi) is 4.22. The van der Waals surface area contributed by atoms with Gasteiger partial charge in [-0.1, -0.05) is 13.3 Å². The van der Waals surface area contributed by atoms with Gasteiger partial charge < -0.3 is 10.4 Å². The Balaban J connectivity index is 2.07. The lowest BCUT2D eigenvalue weighted by molar-refractivity contribution is -0.136. The molecule has 13 heavy (non-hydrogen) atoms. The van der Waals surface area contributed by atoms with E-state index >= 15 is 0 Å². The molecule has 0 saturated heterocycles. The molecule has 2 N–H and O–H groups in total. The van der Waals surface area contributed by atoms with Crippen molar-refractivity contribution in [3.63, 3.8) is 0 Å². The number of nitrogens with one attached hydrogen (secondary N) is 1. The molecule has 0 aromatic carbocycles. The average Bonchev–Trinajstić information content (AvgIpc) is 2.52. The Morgan fingerprint density at radius 1 is 1.54 bits per heavy atom. The van der Waals surface area contributed by atoms with Gasteiger partial charge in [0.25, 0.3) is 0 Å². The van der Waals surface area contributed by atoms with Gasteiger partial charge in [-0.3, -0.25) is 4.79 Å². The van der Waals surface area contributed by atoms with Crippen LogP contribution < -0.4 is 5.32 Å². The van der Waals surface area contributed by atoms with Crippen LogP contribution in [0.4, 0.5) is 0 Å². The van der Waals surface area contributed by atoms with Gasteiger partial charge in [0.1, 0.15) is 0 Å². The number of carbonyl (C=O) groups is 1. The van der Waals surface area contributed by atoms with Crippen molar-refractivity contribution in [2.45, 2.75) is 45.1 Å². The summed E-state index contributed by atoms with van der Waals surface area (Å²) < 4.78 is 0. The summed E-state index contributed by atoms with van der Waals surface area (Å²) in [4.78, 5) is 10.3. The van der Waals surface area contributed by atoms with Gasteiger partial charge in [0.2, 0.25) is 0 Å². The third-order valence-corrected chi connectivity index (χ3v) is 2.89. The summed E-state index contributed by atoms with van der Waals surface area (Å²) in [6, 6.07) is 0.573. The maximum absolute atomic E-state index is 10.3. The number of aliphatic carboxylic acids is 1. The third-order valence-electron chi connectivity index (χ3n) is 2.89. The molecule has 0 amide bonds. The minimum Gasteiger partial charge on any atom is -0.481 e. The largest absolute Gasteiger partial charge is 0.481 e. The number of hydrogen-bond acceptors (Lipinski definition) is 2. The van der Waals surface area contributed by atoms with E-state index in [1.165, 1.54) is 25.7 Å². The van der Waals surface area contributed by atoms with Crippen LogP contribution in [-0.4, -0.2) is 23.7 Å². The summed E-state index contributed by atoms with van der Waals surface area (Å²) in [5, 5.41) is 11.7. The van der Waals surface area contributed by atoms with E-state index in [-0.39, 0.29) is 6.42 Å². The Bertz CT molecular complexity index is 170. The van der Waals surface area contributed by atoms with Crippen molar-refractivity contribution in [1.82, 2.24) is 5.32 Å². The van der Waals surface area contributed by atoms with Crippen molar-refractivity contribution >= 4 is 5.97 Å². The number of rotatable bonds is 5. The van der Waals surface area contributed by atoms with Gasteiger partial charge in [-0.05, 0) is 25.2 Å². The molecule has 76 valence electrons. The fourth-order valence-electron chi connectivity index (χ4n) is 2.01. The molecule has 0 bridgehead atoms. The van der Waals surface area contributed by atoms with Gasteiger partial charge >= 0.3 is 5.97 Å². The van der Waals surface area contributed by atoms with Crippen LogP contribution in [-0.2, 0) is 4.79 Å². The molecule has 0 heterocycles. The first-order valence-corrected chi connectivity index (χ1v) is 5.17. The van der Waals surface area contributed by atoms with E-state index in [9.17, 15) is 4.79 Å². The van der Waals surface area contributed by atoms with Crippen molar-refractivity contribution in [1.29, 1.82) is 0 Å². The second-order valence-electron chi connectivity index (χ2n) is 3.88. The predicted molar refractivity (Wildman–Crippen MR) is 51.7 cm³/mol. The highest BCUT2D eigenvalue weighted by Gasteiger charge is 2.22. The van der Waals surface area contributed by atoms with Crippen molar-refractivity contribution in [2.24, 2.45) is 5.92 Å². The van der Waals surface area contributed by atoms with Gasteiger partial charge in [-0.25, -0.2) is 0 Å². The van der Waals surface area contributed by atoms with Gasteiger partial charge in [0.15, 0.2) is 0 Å². The van der Waals surface area contributed by atoms with Gasteiger partial charge in [-0.2, -0.15) is 0 Å². The third kappa shape index (κ3) is 3.77. The van der Waals surface area contributed by atoms with Crippen LogP contribution in [0.2, 0.25) is 0 Å². The number of carboxylic acids is 1. The molecule has 2 atom stereocenters.